The van der Waals surface area contributed by atoms with E-state index in [9.17, 15) is 18.4 Å². The maximum atomic E-state index is 15.2. The van der Waals surface area contributed by atoms with E-state index in [0.29, 0.717) is 15.9 Å². The molecule has 4 heterocycles. The van der Waals surface area contributed by atoms with Crippen LogP contribution in [0.5, 0.6) is 0 Å². The first-order chi connectivity index (χ1) is 18.7. The molecule has 0 unspecified atom stereocenters. The molecule has 0 bridgehead atoms. The van der Waals surface area contributed by atoms with E-state index in [1.54, 1.807) is 0 Å². The summed E-state index contributed by atoms with van der Waals surface area (Å²) in [6, 6.07) is 4.87. The normalized spacial score (nSPS) is 12.4. The van der Waals surface area contributed by atoms with Gasteiger partial charge in [-0.2, -0.15) is 23.0 Å². The van der Waals surface area contributed by atoms with E-state index in [2.05, 4.69) is 25.1 Å². The fraction of sp³-hybridized carbons (Fsp3) is 0.208. The molecule has 1 atom stereocenters. The Morgan fingerprint density at radius 1 is 1.15 bits per heavy atom. The summed E-state index contributed by atoms with van der Waals surface area (Å²) in [6.07, 6.45) is 6.37. The van der Waals surface area contributed by atoms with Crippen molar-refractivity contribution in [3.63, 3.8) is 0 Å². The molecule has 5 rings (SSSR count). The monoisotopic (exact) mass is 563 g/mol. The average Bonchev–Trinajstić information content (AvgIpc) is 3.66. The molecule has 15 heteroatoms. The van der Waals surface area contributed by atoms with Crippen LogP contribution < -0.4 is 4.73 Å². The maximum Gasteiger partial charge on any atom is 0.345 e. The summed E-state index contributed by atoms with van der Waals surface area (Å²) < 4.78 is 67.4. The third-order valence-electron chi connectivity index (χ3n) is 5.98. The number of hydrogen-bond donors (Lipinski definition) is 0. The molecule has 0 aliphatic heterocycles. The Labute approximate surface area is 222 Å². The topological polar surface area (TPSA) is 111 Å². The minimum Gasteiger partial charge on any atom is -0.618 e. The van der Waals surface area contributed by atoms with Crippen molar-refractivity contribution >= 4 is 11.6 Å². The van der Waals surface area contributed by atoms with Gasteiger partial charge in [0.05, 0.1) is 29.6 Å². The Hall–Kier alpha value is -4.30. The molecule has 0 saturated heterocycles. The second kappa shape index (κ2) is 10.8. The van der Waals surface area contributed by atoms with Gasteiger partial charge in [0.15, 0.2) is 24.2 Å². The number of benzene rings is 1. The molecule has 5 aromatic rings. The van der Waals surface area contributed by atoms with Crippen molar-refractivity contribution in [2.45, 2.75) is 19.1 Å². The molecule has 0 saturated carbocycles. The molecule has 10 nitrogen and oxygen atoms in total. The van der Waals surface area contributed by atoms with Gasteiger partial charge in [-0.1, -0.05) is 21.9 Å². The predicted octanol–water partition coefficient (Wildman–Crippen LogP) is 4.78. The molecule has 0 N–H and O–H groups in total. The molecular weight excluding hydrogens is 546 g/mol. The Kier molecular flexibility index (Phi) is 7.30. The summed E-state index contributed by atoms with van der Waals surface area (Å²) in [5.41, 5.74) is 0.920. The summed E-state index contributed by atoms with van der Waals surface area (Å²) in [5.74, 6) is -1.35. The van der Waals surface area contributed by atoms with E-state index in [-0.39, 0.29) is 39.7 Å². The average molecular weight is 564 g/mol. The maximum absolute atomic E-state index is 15.2. The van der Waals surface area contributed by atoms with Crippen LogP contribution in [0.3, 0.4) is 0 Å². The first kappa shape index (κ1) is 26.3. The zero-order valence-electron chi connectivity index (χ0n) is 20.0. The zero-order valence-corrected chi connectivity index (χ0v) is 20.8. The van der Waals surface area contributed by atoms with Gasteiger partial charge in [-0.25, -0.2) is 14.1 Å². The number of pyridine rings is 1. The van der Waals surface area contributed by atoms with Gasteiger partial charge in [0.2, 0.25) is 5.69 Å². The van der Waals surface area contributed by atoms with E-state index in [4.69, 9.17) is 16.0 Å². The van der Waals surface area contributed by atoms with Crippen LogP contribution in [-0.4, -0.2) is 43.0 Å². The standard InChI is InChI=1S/C24H18ClF4N7O3/c1-34-22(23(27)32-33-34)14-8-31-35(10-14)17(6-7-38-24(28)29)18-5-2-13(11-36(18)37)20-15(19-9-30-12-39-19)3-4-16(25)21(20)26/h2-5,8-12,17,24H,6-7H2,1H3/t17-/m1/s1. The molecule has 1 aromatic carbocycles. The predicted molar refractivity (Wildman–Crippen MR) is 128 cm³/mol. The number of aromatic nitrogens is 7. The fourth-order valence-corrected chi connectivity index (χ4v) is 4.40. The van der Waals surface area contributed by atoms with Crippen molar-refractivity contribution in [1.82, 2.24) is 29.8 Å². The number of oxazole rings is 1. The molecular formula is C24H18ClF4N7O3. The Bertz CT molecular complexity index is 1590. The molecule has 0 aliphatic carbocycles. The van der Waals surface area contributed by atoms with Gasteiger partial charge in [-0.15, -0.1) is 0 Å². The van der Waals surface area contributed by atoms with Crippen LogP contribution in [0.25, 0.3) is 33.7 Å². The number of hydrogen-bond acceptors (Lipinski definition) is 7. The van der Waals surface area contributed by atoms with Crippen molar-refractivity contribution in [1.29, 1.82) is 0 Å². The van der Waals surface area contributed by atoms with Gasteiger partial charge < -0.3 is 14.4 Å². The third kappa shape index (κ3) is 5.20. The number of alkyl halides is 2. The molecule has 0 amide bonds. The highest BCUT2D eigenvalue weighted by atomic mass is 35.5. The lowest BCUT2D eigenvalue weighted by molar-refractivity contribution is -0.615. The Morgan fingerprint density at radius 3 is 2.64 bits per heavy atom. The van der Waals surface area contributed by atoms with Crippen molar-refractivity contribution in [3.8, 4) is 33.7 Å². The van der Waals surface area contributed by atoms with Crippen LogP contribution in [0.15, 0.2) is 59.9 Å². The highest BCUT2D eigenvalue weighted by Gasteiger charge is 2.27. The first-order valence-corrected chi connectivity index (χ1v) is 11.7. The summed E-state index contributed by atoms with van der Waals surface area (Å²) in [6.45, 7) is -3.44. The fourth-order valence-electron chi connectivity index (χ4n) is 4.24. The van der Waals surface area contributed by atoms with Crippen LogP contribution in [0.4, 0.5) is 17.6 Å². The van der Waals surface area contributed by atoms with Gasteiger partial charge in [0, 0.05) is 42.4 Å². The number of nitrogens with zero attached hydrogens (tertiary/aromatic N) is 7. The quantitative estimate of drug-likeness (QED) is 0.144. The van der Waals surface area contributed by atoms with E-state index in [0.717, 1.165) is 6.20 Å². The Morgan fingerprint density at radius 2 is 1.97 bits per heavy atom. The zero-order chi connectivity index (χ0) is 27.7. The van der Waals surface area contributed by atoms with Crippen LogP contribution >= 0.6 is 11.6 Å². The molecule has 39 heavy (non-hydrogen) atoms. The number of ether oxygens (including phenoxy) is 1. The second-order valence-corrected chi connectivity index (χ2v) is 8.72. The summed E-state index contributed by atoms with van der Waals surface area (Å²) >= 11 is 6.02. The molecule has 4 aromatic heterocycles. The Balaban J connectivity index is 1.55. The van der Waals surface area contributed by atoms with Crippen molar-refractivity contribution < 1.29 is 31.4 Å². The molecule has 0 fully saturated rings. The van der Waals surface area contributed by atoms with Crippen molar-refractivity contribution in [2.24, 2.45) is 7.05 Å². The van der Waals surface area contributed by atoms with Gasteiger partial charge in [0.25, 0.3) is 5.95 Å². The number of halogens is 5. The summed E-state index contributed by atoms with van der Waals surface area (Å²) in [5, 5.41) is 24.3. The molecule has 0 spiro atoms. The van der Waals surface area contributed by atoms with E-state index in [1.807, 2.05) is 0 Å². The minimum atomic E-state index is -3.02. The van der Waals surface area contributed by atoms with E-state index < -0.39 is 31.0 Å². The third-order valence-corrected chi connectivity index (χ3v) is 6.27. The first-order valence-electron chi connectivity index (χ1n) is 11.3. The largest absolute Gasteiger partial charge is 0.618 e. The van der Waals surface area contributed by atoms with Crippen molar-refractivity contribution in [3.05, 3.63) is 83.1 Å². The lowest BCUT2D eigenvalue weighted by Gasteiger charge is -2.18. The lowest BCUT2D eigenvalue weighted by atomic mass is 9.98. The molecule has 0 radical (unpaired) electrons. The van der Waals surface area contributed by atoms with Crippen LogP contribution in [0.2, 0.25) is 5.02 Å². The van der Waals surface area contributed by atoms with Gasteiger partial charge >= 0.3 is 6.61 Å². The second-order valence-electron chi connectivity index (χ2n) is 8.32. The van der Waals surface area contributed by atoms with Crippen molar-refractivity contribution in [2.75, 3.05) is 6.61 Å². The smallest absolute Gasteiger partial charge is 0.345 e. The lowest BCUT2D eigenvalue weighted by Crippen LogP contribution is -2.36. The summed E-state index contributed by atoms with van der Waals surface area (Å²) in [7, 11) is 1.49. The SMILES string of the molecule is Cn1nnc(F)c1-c1cnn([C@H](CCOC(F)F)c2ccc(-c3c(-c4cnco4)ccc(Cl)c3F)c[n+]2[O-])c1. The highest BCUT2D eigenvalue weighted by molar-refractivity contribution is 6.31. The van der Waals surface area contributed by atoms with Gasteiger partial charge in [0.1, 0.15) is 11.7 Å². The molecule has 0 aliphatic rings. The van der Waals surface area contributed by atoms with E-state index >= 15 is 4.39 Å². The van der Waals surface area contributed by atoms with Gasteiger partial charge in [-0.05, 0) is 18.2 Å². The highest BCUT2D eigenvalue weighted by Crippen LogP contribution is 2.37. The number of rotatable bonds is 9. The van der Waals surface area contributed by atoms with Gasteiger partial charge in [-0.3, -0.25) is 4.68 Å². The minimum absolute atomic E-state index is 0.00791. The number of aryl methyl sites for hydroxylation is 1. The van der Waals surface area contributed by atoms with Crippen LogP contribution in [0, 0.1) is 17.0 Å². The van der Waals surface area contributed by atoms with Crippen LogP contribution in [-0.2, 0) is 11.8 Å². The van der Waals surface area contributed by atoms with E-state index in [1.165, 1.54) is 65.7 Å². The molecule has 202 valence electrons. The van der Waals surface area contributed by atoms with Crippen LogP contribution in [0.1, 0.15) is 18.2 Å². The summed E-state index contributed by atoms with van der Waals surface area (Å²) in [4.78, 5) is 3.85.